The zero-order chi connectivity index (χ0) is 13.2. The van der Waals surface area contributed by atoms with Gasteiger partial charge in [-0.15, -0.1) is 6.04 Å². The predicted molar refractivity (Wildman–Crippen MR) is 65.4 cm³/mol. The summed E-state index contributed by atoms with van der Waals surface area (Å²) in [5.74, 6) is -2.06. The van der Waals surface area contributed by atoms with Crippen molar-refractivity contribution in [2.75, 3.05) is 0 Å². The minimum Gasteiger partial charge on any atom is -0.674 e. The van der Waals surface area contributed by atoms with Crippen molar-refractivity contribution in [2.45, 2.75) is 51.3 Å². The smallest absolute Gasteiger partial charge is 0.309 e. The van der Waals surface area contributed by atoms with Gasteiger partial charge in [-0.05, 0) is 12.3 Å². The van der Waals surface area contributed by atoms with Gasteiger partial charge in [0, 0.05) is 50.1 Å². The summed E-state index contributed by atoms with van der Waals surface area (Å²) in [6.45, 7) is 4.02. The van der Waals surface area contributed by atoms with Gasteiger partial charge in [-0.2, -0.15) is 0 Å². The zero-order valence-corrected chi connectivity index (χ0v) is 15.8. The monoisotopic (exact) mass is 470 g/mol. The largest absolute Gasteiger partial charge is 0.674 e. The van der Waals surface area contributed by atoms with E-state index < -0.39 is 30.0 Å². The molecule has 0 spiro atoms. The summed E-state index contributed by atoms with van der Waals surface area (Å²) in [5.41, 5.74) is 14.1. The van der Waals surface area contributed by atoms with Crippen molar-refractivity contribution in [2.24, 2.45) is 23.5 Å². The van der Waals surface area contributed by atoms with Crippen LogP contribution in [0.3, 0.4) is 0 Å². The molecule has 0 aliphatic heterocycles. The summed E-state index contributed by atoms with van der Waals surface area (Å²) < 4.78 is 0. The predicted octanol–water partition coefficient (Wildman–Crippen LogP) is 1.25. The average molecular weight is 470 g/mol. The minimum atomic E-state index is -1.01. The van der Waals surface area contributed by atoms with Crippen LogP contribution in [0, 0.1) is 61.8 Å². The van der Waals surface area contributed by atoms with Crippen LogP contribution < -0.4 is 5.73 Å². The van der Waals surface area contributed by atoms with Gasteiger partial charge >= 0.3 is 5.97 Å². The summed E-state index contributed by atoms with van der Waals surface area (Å²) >= 11 is 0. The van der Waals surface area contributed by atoms with Gasteiger partial charge in [0.05, 0.1) is 12.0 Å². The van der Waals surface area contributed by atoms with Gasteiger partial charge in [0.1, 0.15) is 0 Å². The van der Waals surface area contributed by atoms with Crippen LogP contribution in [0.5, 0.6) is 0 Å². The number of carbonyl (C=O) groups is 1. The molecular weight excluding hydrogens is 447 g/mol. The van der Waals surface area contributed by atoms with Gasteiger partial charge in [0.15, 0.2) is 0 Å². The molecule has 103 valence electrons. The third-order valence-corrected chi connectivity index (χ3v) is 4.12. The Morgan fingerprint density at radius 3 is 2.28 bits per heavy atom. The average Bonchev–Trinajstić information content (AvgIpc) is 2.56. The first-order valence-corrected chi connectivity index (χ1v) is 6.31. The van der Waals surface area contributed by atoms with E-state index in [4.69, 9.17) is 16.6 Å². The van der Waals surface area contributed by atoms with Crippen LogP contribution in [0.1, 0.15) is 33.1 Å². The standard InChI is InChI=1S/C12H23N2O3.Ac/c1-3-6(4-2)10(14)9-8(13)5-7(11(9)15)12(16)17;/h6-11,14-15H,3-5,13H2,1-2H3,(H,16,17);/q-1;/t7-,8+,9+,10?,11+;/m1./s1. The van der Waals surface area contributed by atoms with Crippen LogP contribution >= 0.6 is 0 Å². The maximum atomic E-state index is 11.0. The summed E-state index contributed by atoms with van der Waals surface area (Å²) in [6.07, 6.45) is 1.01. The van der Waals surface area contributed by atoms with Crippen molar-refractivity contribution in [3.8, 4) is 0 Å². The molecule has 18 heavy (non-hydrogen) atoms. The molecule has 5 nitrogen and oxygen atoms in total. The van der Waals surface area contributed by atoms with Gasteiger partial charge in [-0.1, -0.05) is 32.6 Å². The minimum absolute atomic E-state index is 0. The molecule has 1 fully saturated rings. The third kappa shape index (κ3) is 3.89. The molecule has 0 heterocycles. The summed E-state index contributed by atoms with van der Waals surface area (Å²) in [5, 5.41) is 19.0. The Balaban J connectivity index is 0.00000289. The van der Waals surface area contributed by atoms with Crippen LogP contribution in [0.25, 0.3) is 5.73 Å². The Kier molecular flexibility index (Phi) is 8.52. The van der Waals surface area contributed by atoms with E-state index in [0.29, 0.717) is 0 Å². The topological polar surface area (TPSA) is 107 Å². The molecule has 1 aliphatic carbocycles. The van der Waals surface area contributed by atoms with E-state index in [1.165, 1.54) is 0 Å². The number of aliphatic carboxylic acids is 1. The fraction of sp³-hybridized carbons (Fsp3) is 0.917. The normalized spacial score (nSPS) is 33.2. The second kappa shape index (κ2) is 8.16. The number of carboxylic acids is 1. The molecular formula is C12H23AcN2O3-. The Hall–Kier alpha value is 0.792. The van der Waals surface area contributed by atoms with Crippen molar-refractivity contribution in [1.29, 1.82) is 0 Å². The van der Waals surface area contributed by atoms with E-state index >= 15 is 0 Å². The molecule has 1 radical (unpaired) electrons. The van der Waals surface area contributed by atoms with Gasteiger partial charge in [0.2, 0.25) is 0 Å². The second-order valence-corrected chi connectivity index (χ2v) is 5.01. The number of hydrogen-bond acceptors (Lipinski definition) is 3. The zero-order valence-electron chi connectivity index (χ0n) is 11.0. The van der Waals surface area contributed by atoms with Crippen LogP contribution in [0.2, 0.25) is 0 Å². The maximum absolute atomic E-state index is 11.0. The number of nitrogens with one attached hydrogen (secondary N) is 1. The van der Waals surface area contributed by atoms with E-state index in [-0.39, 0.29) is 62.4 Å². The molecule has 1 saturated carbocycles. The molecule has 0 amide bonds. The third-order valence-electron chi connectivity index (χ3n) is 4.12. The molecule has 1 unspecified atom stereocenters. The van der Waals surface area contributed by atoms with Gasteiger partial charge in [-0.25, -0.2) is 0 Å². The molecule has 5 atom stereocenters. The number of carboxylic acid groups (broad SMARTS) is 1. The first-order valence-electron chi connectivity index (χ1n) is 6.31. The first-order chi connectivity index (χ1) is 7.93. The number of nitrogens with two attached hydrogens (primary N) is 1. The quantitative estimate of drug-likeness (QED) is 0.562. The number of hydrogen-bond donors (Lipinski definition) is 3. The maximum Gasteiger partial charge on any atom is 0.309 e. The second-order valence-electron chi connectivity index (χ2n) is 5.01. The molecule has 0 aromatic carbocycles. The van der Waals surface area contributed by atoms with E-state index in [1.807, 2.05) is 13.8 Å². The van der Waals surface area contributed by atoms with Crippen molar-refractivity contribution in [1.82, 2.24) is 0 Å². The SMILES string of the molecule is CCC(CC)C([NH-])[C@H]1[C@@H](O)[C@H](C(=O)O)C[C@@H]1N.[Ac]. The van der Waals surface area contributed by atoms with Crippen LogP contribution in [0.4, 0.5) is 0 Å². The Bertz CT molecular complexity index is 274. The summed E-state index contributed by atoms with van der Waals surface area (Å²) in [7, 11) is 0. The van der Waals surface area contributed by atoms with Crippen molar-refractivity contribution < 1.29 is 59.1 Å². The molecule has 1 rings (SSSR count). The van der Waals surface area contributed by atoms with E-state index in [0.717, 1.165) is 12.8 Å². The van der Waals surface area contributed by atoms with Gasteiger partial charge < -0.3 is 21.7 Å². The van der Waals surface area contributed by atoms with E-state index in [9.17, 15) is 9.90 Å². The fourth-order valence-electron chi connectivity index (χ4n) is 2.95. The number of aliphatic hydroxyl groups is 1. The molecule has 5 N–H and O–H groups in total. The molecule has 6 heteroatoms. The van der Waals surface area contributed by atoms with Crippen LogP contribution in [-0.4, -0.2) is 34.4 Å². The number of aliphatic hydroxyl groups excluding tert-OH is 1. The Labute approximate surface area is 144 Å². The molecule has 1 aliphatic rings. The Morgan fingerprint density at radius 2 is 1.94 bits per heavy atom. The van der Waals surface area contributed by atoms with E-state index in [2.05, 4.69) is 0 Å². The van der Waals surface area contributed by atoms with Gasteiger partial charge in [-0.3, -0.25) is 4.79 Å². The van der Waals surface area contributed by atoms with Crippen molar-refractivity contribution in [3.05, 3.63) is 5.73 Å². The van der Waals surface area contributed by atoms with Crippen molar-refractivity contribution >= 4 is 5.97 Å². The van der Waals surface area contributed by atoms with E-state index in [1.54, 1.807) is 0 Å². The molecule has 0 aromatic rings. The van der Waals surface area contributed by atoms with Gasteiger partial charge in [0.25, 0.3) is 0 Å². The summed E-state index contributed by atoms with van der Waals surface area (Å²) in [4.78, 5) is 11.0. The van der Waals surface area contributed by atoms with Crippen LogP contribution in [-0.2, 0) is 4.79 Å². The molecule has 0 saturated heterocycles. The molecule has 0 bridgehead atoms. The summed E-state index contributed by atoms with van der Waals surface area (Å²) in [6, 6.07) is -0.853. The first kappa shape index (κ1) is 18.8. The molecule has 0 aromatic heterocycles. The van der Waals surface area contributed by atoms with Crippen molar-refractivity contribution in [3.63, 3.8) is 0 Å². The van der Waals surface area contributed by atoms with Crippen LogP contribution in [0.15, 0.2) is 0 Å². The Morgan fingerprint density at radius 1 is 1.44 bits per heavy atom. The fourth-order valence-corrected chi connectivity index (χ4v) is 2.95. The number of rotatable bonds is 5.